The number of hydrogen-bond donors (Lipinski definition) is 1. The summed E-state index contributed by atoms with van der Waals surface area (Å²) in [7, 11) is 3.46. The minimum Gasteiger partial charge on any atom is -0.497 e. The van der Waals surface area contributed by atoms with E-state index in [9.17, 15) is 4.79 Å². The maximum absolute atomic E-state index is 11.9. The van der Waals surface area contributed by atoms with Crippen LogP contribution in [0.1, 0.15) is 26.2 Å². The summed E-state index contributed by atoms with van der Waals surface area (Å²) >= 11 is 1.53. The molecule has 3 aromatic rings. The monoisotopic (exact) mass is 370 g/mol. The third-order valence-electron chi connectivity index (χ3n) is 3.99. The van der Waals surface area contributed by atoms with E-state index in [2.05, 4.69) is 22.3 Å². The van der Waals surface area contributed by atoms with Crippen LogP contribution in [0.15, 0.2) is 35.7 Å². The number of thiazole rings is 1. The molecule has 2 heterocycles. The molecular weight excluding hydrogens is 348 g/mol. The number of hydrogen-bond acceptors (Lipinski definition) is 5. The fourth-order valence-corrected chi connectivity index (χ4v) is 3.32. The zero-order valence-corrected chi connectivity index (χ0v) is 16.0. The van der Waals surface area contributed by atoms with Gasteiger partial charge in [0.25, 0.3) is 0 Å². The van der Waals surface area contributed by atoms with E-state index in [0.717, 1.165) is 40.6 Å². The molecule has 0 saturated carbocycles. The molecule has 0 fully saturated rings. The van der Waals surface area contributed by atoms with E-state index in [0.29, 0.717) is 12.2 Å². The fourth-order valence-electron chi connectivity index (χ4n) is 2.54. The summed E-state index contributed by atoms with van der Waals surface area (Å²) in [4.78, 5) is 16.6. The Morgan fingerprint density at radius 2 is 2.15 bits per heavy atom. The average Bonchev–Trinajstić information content (AvgIpc) is 3.27. The van der Waals surface area contributed by atoms with Gasteiger partial charge >= 0.3 is 0 Å². The minimum absolute atomic E-state index is 0.0117. The number of ether oxygens (including phenoxy) is 1. The van der Waals surface area contributed by atoms with E-state index in [1.54, 1.807) is 11.8 Å². The molecule has 136 valence electrons. The van der Waals surface area contributed by atoms with Crippen molar-refractivity contribution in [1.82, 2.24) is 14.8 Å². The highest BCUT2D eigenvalue weighted by atomic mass is 32.1. The van der Waals surface area contributed by atoms with Crippen LogP contribution in [0, 0.1) is 0 Å². The van der Waals surface area contributed by atoms with Gasteiger partial charge in [-0.1, -0.05) is 25.5 Å². The number of methoxy groups -OCH3 is 1. The largest absolute Gasteiger partial charge is 0.497 e. The molecular formula is C19H22N4O2S. The van der Waals surface area contributed by atoms with Crippen molar-refractivity contribution in [2.24, 2.45) is 7.05 Å². The van der Waals surface area contributed by atoms with Gasteiger partial charge in [-0.3, -0.25) is 9.48 Å². The molecule has 2 aromatic heterocycles. The molecule has 7 heteroatoms. The fraction of sp³-hybridized carbons (Fsp3) is 0.316. The molecule has 0 saturated heterocycles. The Bertz CT molecular complexity index is 901. The van der Waals surface area contributed by atoms with Gasteiger partial charge in [0.2, 0.25) is 5.91 Å². The van der Waals surface area contributed by atoms with Crippen LogP contribution in [0.3, 0.4) is 0 Å². The highest BCUT2D eigenvalue weighted by Crippen LogP contribution is 2.30. The van der Waals surface area contributed by atoms with Crippen LogP contribution in [0.2, 0.25) is 0 Å². The predicted molar refractivity (Wildman–Crippen MR) is 104 cm³/mol. The summed E-state index contributed by atoms with van der Waals surface area (Å²) in [5.41, 5.74) is 2.62. The lowest BCUT2D eigenvalue weighted by molar-refractivity contribution is -0.116. The molecule has 0 spiro atoms. The number of unbranched alkanes of at least 4 members (excludes halogenated alkanes) is 1. The molecule has 0 bridgehead atoms. The van der Waals surface area contributed by atoms with Crippen LogP contribution in [0.5, 0.6) is 5.75 Å². The molecule has 0 unspecified atom stereocenters. The zero-order chi connectivity index (χ0) is 18.5. The van der Waals surface area contributed by atoms with Crippen molar-refractivity contribution in [1.29, 1.82) is 0 Å². The van der Waals surface area contributed by atoms with E-state index < -0.39 is 0 Å². The number of nitrogens with one attached hydrogen (secondary N) is 1. The molecule has 26 heavy (non-hydrogen) atoms. The Hall–Kier alpha value is -2.67. The van der Waals surface area contributed by atoms with Gasteiger partial charge in [-0.15, -0.1) is 11.3 Å². The Morgan fingerprint density at radius 1 is 1.31 bits per heavy atom. The molecule has 1 aromatic carbocycles. The Labute approximate surface area is 156 Å². The molecule has 6 nitrogen and oxygen atoms in total. The summed E-state index contributed by atoms with van der Waals surface area (Å²) in [5, 5.41) is 10.2. The van der Waals surface area contributed by atoms with Crippen LogP contribution < -0.4 is 10.1 Å². The summed E-state index contributed by atoms with van der Waals surface area (Å²) in [5.74, 6) is 1.49. The third-order valence-corrected chi connectivity index (χ3v) is 4.86. The number of aryl methyl sites for hydroxylation is 1. The number of amides is 1. The quantitative estimate of drug-likeness (QED) is 0.671. The predicted octanol–water partition coefficient (Wildman–Crippen LogP) is 4.35. The van der Waals surface area contributed by atoms with Crippen molar-refractivity contribution >= 4 is 23.1 Å². The molecule has 0 radical (unpaired) electrons. The maximum Gasteiger partial charge on any atom is 0.225 e. The SMILES string of the molecule is CCCCC(=O)Nc1cc(-c2nc(-c3cccc(OC)c3)cs2)nn1C. The molecule has 3 rings (SSSR count). The normalized spacial score (nSPS) is 10.7. The number of benzene rings is 1. The van der Waals surface area contributed by atoms with Crippen molar-refractivity contribution in [3.8, 4) is 27.7 Å². The van der Waals surface area contributed by atoms with Gasteiger partial charge in [-0.05, 0) is 18.6 Å². The van der Waals surface area contributed by atoms with Crippen LogP contribution in [-0.2, 0) is 11.8 Å². The number of carbonyl (C=O) groups excluding carboxylic acids is 1. The standard InChI is InChI=1S/C19H22N4O2S/c1-4-5-9-18(24)21-17-11-15(22-23(17)2)19-20-16(12-26-19)13-7-6-8-14(10-13)25-3/h6-8,10-12H,4-5,9H2,1-3H3,(H,21,24). The van der Waals surface area contributed by atoms with Crippen LogP contribution in [0.4, 0.5) is 5.82 Å². The van der Waals surface area contributed by atoms with Crippen molar-refractivity contribution in [2.75, 3.05) is 12.4 Å². The van der Waals surface area contributed by atoms with Crippen molar-refractivity contribution < 1.29 is 9.53 Å². The average molecular weight is 370 g/mol. The van der Waals surface area contributed by atoms with Crippen molar-refractivity contribution in [3.05, 3.63) is 35.7 Å². The highest BCUT2D eigenvalue weighted by Gasteiger charge is 2.14. The number of anilines is 1. The lowest BCUT2D eigenvalue weighted by Crippen LogP contribution is -2.13. The van der Waals surface area contributed by atoms with Crippen LogP contribution >= 0.6 is 11.3 Å². The summed E-state index contributed by atoms with van der Waals surface area (Å²) < 4.78 is 6.94. The van der Waals surface area contributed by atoms with Crippen molar-refractivity contribution in [2.45, 2.75) is 26.2 Å². The van der Waals surface area contributed by atoms with E-state index >= 15 is 0 Å². The number of rotatable bonds is 7. The molecule has 1 amide bonds. The summed E-state index contributed by atoms with van der Waals surface area (Å²) in [6.45, 7) is 2.07. The lowest BCUT2D eigenvalue weighted by Gasteiger charge is -2.03. The van der Waals surface area contributed by atoms with E-state index in [1.165, 1.54) is 11.3 Å². The third kappa shape index (κ3) is 4.11. The van der Waals surface area contributed by atoms with Crippen LogP contribution in [0.25, 0.3) is 22.0 Å². The first-order valence-electron chi connectivity index (χ1n) is 8.55. The van der Waals surface area contributed by atoms with Gasteiger partial charge in [0.15, 0.2) is 0 Å². The summed E-state index contributed by atoms with van der Waals surface area (Å²) in [6, 6.07) is 9.66. The first kappa shape index (κ1) is 18.1. The van der Waals surface area contributed by atoms with Gasteiger partial charge in [-0.2, -0.15) is 5.10 Å². The Balaban J connectivity index is 1.79. The van der Waals surface area contributed by atoms with Gasteiger partial charge in [0, 0.05) is 30.5 Å². The highest BCUT2D eigenvalue weighted by molar-refractivity contribution is 7.13. The van der Waals surface area contributed by atoms with E-state index in [4.69, 9.17) is 4.74 Å². The van der Waals surface area contributed by atoms with E-state index in [-0.39, 0.29) is 5.91 Å². The van der Waals surface area contributed by atoms with Gasteiger partial charge in [0.1, 0.15) is 22.3 Å². The van der Waals surface area contributed by atoms with Gasteiger partial charge < -0.3 is 10.1 Å². The zero-order valence-electron chi connectivity index (χ0n) is 15.2. The summed E-state index contributed by atoms with van der Waals surface area (Å²) in [6.07, 6.45) is 2.40. The van der Waals surface area contributed by atoms with E-state index in [1.807, 2.05) is 42.8 Å². The lowest BCUT2D eigenvalue weighted by atomic mass is 10.2. The second-order valence-corrected chi connectivity index (χ2v) is 6.82. The molecule has 0 aliphatic carbocycles. The molecule has 1 N–H and O–H groups in total. The van der Waals surface area contributed by atoms with Gasteiger partial charge in [0.05, 0.1) is 12.8 Å². The number of nitrogens with zero attached hydrogens (tertiary/aromatic N) is 3. The first-order valence-corrected chi connectivity index (χ1v) is 9.43. The second-order valence-electron chi connectivity index (χ2n) is 5.96. The molecule has 0 atom stereocenters. The Kier molecular flexibility index (Phi) is 5.68. The maximum atomic E-state index is 11.9. The minimum atomic E-state index is 0.0117. The first-order chi connectivity index (χ1) is 12.6. The number of carbonyl (C=O) groups is 1. The topological polar surface area (TPSA) is 69.0 Å². The van der Waals surface area contributed by atoms with Crippen LogP contribution in [-0.4, -0.2) is 27.8 Å². The molecule has 0 aliphatic rings. The smallest absolute Gasteiger partial charge is 0.225 e. The van der Waals surface area contributed by atoms with Crippen molar-refractivity contribution in [3.63, 3.8) is 0 Å². The number of aromatic nitrogens is 3. The van der Waals surface area contributed by atoms with Gasteiger partial charge in [-0.25, -0.2) is 4.98 Å². The molecule has 0 aliphatic heterocycles. The second kappa shape index (κ2) is 8.14. The Morgan fingerprint density at radius 3 is 2.92 bits per heavy atom.